The molecule has 0 N–H and O–H groups in total. The van der Waals surface area contributed by atoms with E-state index >= 15 is 0 Å². The van der Waals surface area contributed by atoms with Gasteiger partial charge in [-0.1, -0.05) is 68.8 Å². The van der Waals surface area contributed by atoms with Gasteiger partial charge in [-0.05, 0) is 49.4 Å². The monoisotopic (exact) mass is 316 g/mol. The summed E-state index contributed by atoms with van der Waals surface area (Å²) in [7, 11) is 0. The first-order valence-electron chi connectivity index (χ1n) is 8.18. The first-order valence-corrected chi connectivity index (χ1v) is 9.30. The summed E-state index contributed by atoms with van der Waals surface area (Å²) in [4.78, 5) is 0. The van der Waals surface area contributed by atoms with E-state index in [1.807, 2.05) is 0 Å². The van der Waals surface area contributed by atoms with Gasteiger partial charge >= 0.3 is 0 Å². The van der Waals surface area contributed by atoms with Crippen LogP contribution in [0.2, 0.25) is 0 Å². The van der Waals surface area contributed by atoms with Crippen molar-refractivity contribution in [3.8, 4) is 0 Å². The molecule has 0 aromatic rings. The minimum absolute atomic E-state index is 0.650. The van der Waals surface area contributed by atoms with E-state index in [4.69, 9.17) is 0 Å². The molecule has 1 saturated carbocycles. The van der Waals surface area contributed by atoms with Crippen LogP contribution >= 0.6 is 15.9 Å². The van der Waals surface area contributed by atoms with Crippen LogP contribution in [-0.2, 0) is 0 Å². The normalized spacial score (nSPS) is 28.8. The molecule has 108 valence electrons. The number of alkyl halides is 1. The lowest BCUT2D eigenvalue weighted by atomic mass is 9.68. The molecule has 0 nitrogen and oxygen atoms in total. The van der Waals surface area contributed by atoms with Crippen molar-refractivity contribution < 1.29 is 0 Å². The van der Waals surface area contributed by atoms with Gasteiger partial charge in [0.25, 0.3) is 0 Å². The second kappa shape index (κ2) is 8.61. The molecule has 0 atom stereocenters. The van der Waals surface area contributed by atoms with Crippen LogP contribution in [0.15, 0.2) is 0 Å². The van der Waals surface area contributed by atoms with Gasteiger partial charge in [-0.15, -0.1) is 0 Å². The Morgan fingerprint density at radius 1 is 1.17 bits per heavy atom. The van der Waals surface area contributed by atoms with Crippen LogP contribution in [0.4, 0.5) is 0 Å². The average molecular weight is 317 g/mol. The van der Waals surface area contributed by atoms with Gasteiger partial charge in [-0.25, -0.2) is 0 Å². The Balaban J connectivity index is 2.30. The van der Waals surface area contributed by atoms with E-state index in [-0.39, 0.29) is 0 Å². The molecular formula is C17H33Br. The molecule has 1 heteroatoms. The van der Waals surface area contributed by atoms with E-state index in [1.165, 1.54) is 69.5 Å². The maximum atomic E-state index is 3.81. The van der Waals surface area contributed by atoms with Gasteiger partial charge in [-0.2, -0.15) is 0 Å². The van der Waals surface area contributed by atoms with E-state index < -0.39 is 0 Å². The van der Waals surface area contributed by atoms with Gasteiger partial charge in [0.05, 0.1) is 0 Å². The van der Waals surface area contributed by atoms with Crippen LogP contribution in [0.3, 0.4) is 0 Å². The summed E-state index contributed by atoms with van der Waals surface area (Å²) in [5.41, 5.74) is 0.650. The second-order valence-corrected chi connectivity index (χ2v) is 7.57. The molecule has 0 saturated heterocycles. The Hall–Kier alpha value is 0.480. The van der Waals surface area contributed by atoms with E-state index in [2.05, 4.69) is 36.7 Å². The Bertz CT molecular complexity index is 202. The summed E-state index contributed by atoms with van der Waals surface area (Å²) >= 11 is 3.81. The Kier molecular flexibility index (Phi) is 7.91. The lowest BCUT2D eigenvalue weighted by molar-refractivity contribution is 0.152. The Morgan fingerprint density at radius 2 is 1.83 bits per heavy atom. The van der Waals surface area contributed by atoms with Crippen molar-refractivity contribution >= 4 is 15.9 Å². The fourth-order valence-corrected chi connectivity index (χ4v) is 4.25. The van der Waals surface area contributed by atoms with Crippen LogP contribution in [0.1, 0.15) is 85.0 Å². The molecule has 0 bridgehead atoms. The number of unbranched alkanes of at least 4 members (excludes halogenated alkanes) is 1. The van der Waals surface area contributed by atoms with Crippen LogP contribution in [-0.4, -0.2) is 5.33 Å². The molecule has 0 aliphatic heterocycles. The predicted molar refractivity (Wildman–Crippen MR) is 86.4 cm³/mol. The summed E-state index contributed by atoms with van der Waals surface area (Å²) in [6.45, 7) is 7.02. The summed E-state index contributed by atoms with van der Waals surface area (Å²) in [5, 5.41) is 1.23. The van der Waals surface area contributed by atoms with E-state index in [0.717, 1.165) is 11.8 Å². The minimum Gasteiger partial charge on any atom is -0.0922 e. The lowest BCUT2D eigenvalue weighted by Crippen LogP contribution is -2.29. The maximum Gasteiger partial charge on any atom is 0.00879 e. The van der Waals surface area contributed by atoms with Gasteiger partial charge < -0.3 is 0 Å². The predicted octanol–water partition coefficient (Wildman–Crippen LogP) is 6.57. The maximum absolute atomic E-state index is 3.81. The largest absolute Gasteiger partial charge is 0.0922 e. The Labute approximate surface area is 123 Å². The molecule has 1 aliphatic carbocycles. The van der Waals surface area contributed by atoms with Crippen molar-refractivity contribution in [3.05, 3.63) is 0 Å². The van der Waals surface area contributed by atoms with E-state index in [9.17, 15) is 0 Å². The van der Waals surface area contributed by atoms with Crippen molar-refractivity contribution in [2.75, 3.05) is 5.33 Å². The SMILES string of the molecule is CCCCC1CCC(CBr)(CCCC(C)C)CC1. The smallest absolute Gasteiger partial charge is 0.00879 e. The standard InChI is InChI=1S/C17H33Br/c1-4-5-8-16-9-12-17(14-18,13-10-16)11-6-7-15(2)3/h15-16H,4-14H2,1-3H3. The number of hydrogen-bond donors (Lipinski definition) is 0. The van der Waals surface area contributed by atoms with Crippen LogP contribution in [0.5, 0.6) is 0 Å². The van der Waals surface area contributed by atoms with Gasteiger partial charge in [0.2, 0.25) is 0 Å². The van der Waals surface area contributed by atoms with Crippen molar-refractivity contribution in [2.24, 2.45) is 17.3 Å². The zero-order chi connectivity index (χ0) is 13.4. The summed E-state index contributed by atoms with van der Waals surface area (Å²) < 4.78 is 0. The highest BCUT2D eigenvalue weighted by Gasteiger charge is 2.33. The van der Waals surface area contributed by atoms with Gasteiger partial charge in [-0.3, -0.25) is 0 Å². The molecule has 0 spiro atoms. The zero-order valence-electron chi connectivity index (χ0n) is 12.8. The fraction of sp³-hybridized carbons (Fsp3) is 1.00. The van der Waals surface area contributed by atoms with Crippen molar-refractivity contribution in [3.63, 3.8) is 0 Å². The molecule has 1 fully saturated rings. The molecule has 0 aromatic heterocycles. The van der Waals surface area contributed by atoms with Crippen molar-refractivity contribution in [1.29, 1.82) is 0 Å². The molecule has 0 amide bonds. The van der Waals surface area contributed by atoms with Crippen molar-refractivity contribution in [1.82, 2.24) is 0 Å². The highest BCUT2D eigenvalue weighted by atomic mass is 79.9. The summed E-state index contributed by atoms with van der Waals surface area (Å²) in [6, 6.07) is 0. The van der Waals surface area contributed by atoms with Crippen LogP contribution < -0.4 is 0 Å². The number of hydrogen-bond acceptors (Lipinski definition) is 0. The third-order valence-corrected chi connectivity index (χ3v) is 6.09. The first kappa shape index (κ1) is 16.5. The molecule has 0 heterocycles. The van der Waals surface area contributed by atoms with Crippen molar-refractivity contribution in [2.45, 2.75) is 85.0 Å². The highest BCUT2D eigenvalue weighted by Crippen LogP contribution is 2.45. The van der Waals surface area contributed by atoms with Gasteiger partial charge in [0.1, 0.15) is 0 Å². The molecule has 0 radical (unpaired) electrons. The summed E-state index contributed by atoms with van der Waals surface area (Å²) in [6.07, 6.45) is 14.5. The molecule has 0 unspecified atom stereocenters. The average Bonchev–Trinajstić information content (AvgIpc) is 2.37. The fourth-order valence-electron chi connectivity index (χ4n) is 3.41. The number of rotatable bonds is 8. The third-order valence-electron chi connectivity index (χ3n) is 4.90. The van der Waals surface area contributed by atoms with E-state index in [1.54, 1.807) is 0 Å². The third kappa shape index (κ3) is 5.63. The van der Waals surface area contributed by atoms with Crippen LogP contribution in [0.25, 0.3) is 0 Å². The molecular weight excluding hydrogens is 284 g/mol. The number of halogens is 1. The Morgan fingerprint density at radius 3 is 2.33 bits per heavy atom. The minimum atomic E-state index is 0.650. The molecule has 18 heavy (non-hydrogen) atoms. The van der Waals surface area contributed by atoms with Gasteiger partial charge in [0, 0.05) is 5.33 Å². The van der Waals surface area contributed by atoms with Crippen LogP contribution in [0, 0.1) is 17.3 Å². The molecule has 1 aliphatic rings. The van der Waals surface area contributed by atoms with Gasteiger partial charge in [0.15, 0.2) is 0 Å². The molecule has 1 rings (SSSR count). The summed E-state index contributed by atoms with van der Waals surface area (Å²) in [5.74, 6) is 1.92. The highest BCUT2D eigenvalue weighted by molar-refractivity contribution is 9.09. The zero-order valence-corrected chi connectivity index (χ0v) is 14.4. The van der Waals surface area contributed by atoms with E-state index in [0.29, 0.717) is 5.41 Å². The lowest BCUT2D eigenvalue weighted by Gasteiger charge is -2.39. The first-order chi connectivity index (χ1) is 8.62. The second-order valence-electron chi connectivity index (χ2n) is 7.01. The quantitative estimate of drug-likeness (QED) is 0.444. The topological polar surface area (TPSA) is 0 Å². The molecule has 0 aromatic carbocycles.